The van der Waals surface area contributed by atoms with E-state index in [4.69, 9.17) is 8.92 Å². The normalized spacial score (nSPS) is 20.4. The summed E-state index contributed by atoms with van der Waals surface area (Å²) in [6.07, 6.45) is 1.24. The summed E-state index contributed by atoms with van der Waals surface area (Å²) in [7, 11) is 0. The van der Waals surface area contributed by atoms with Gasteiger partial charge in [-0.05, 0) is 50.5 Å². The number of carbonyl (C=O) groups is 3. The maximum atomic E-state index is 15.6. The van der Waals surface area contributed by atoms with E-state index in [9.17, 15) is 18.6 Å². The monoisotopic (exact) mass is 691 g/mol. The predicted octanol–water partition coefficient (Wildman–Crippen LogP) is 3.84. The Morgan fingerprint density at radius 2 is 1.83 bits per heavy atom. The number of rotatable bonds is 10. The van der Waals surface area contributed by atoms with Crippen molar-refractivity contribution in [2.45, 2.75) is 34.1 Å². The van der Waals surface area contributed by atoms with Crippen molar-refractivity contribution in [3.8, 4) is 5.75 Å². The van der Waals surface area contributed by atoms with Crippen molar-refractivity contribution in [3.05, 3.63) is 75.6 Å². The molecule has 2 aromatic carbocycles. The lowest BCUT2D eigenvalue weighted by atomic mass is 9.74. The average Bonchev–Trinajstić information content (AvgIpc) is 3.05. The van der Waals surface area contributed by atoms with Crippen LogP contribution in [0.5, 0.6) is 5.75 Å². The van der Waals surface area contributed by atoms with Gasteiger partial charge in [0.15, 0.2) is 23.3 Å². The second-order valence-electron chi connectivity index (χ2n) is 11.5. The fraction of sp³-hybridized carbons (Fsp3) is 0.375. The molecule has 3 aliphatic rings. The minimum atomic E-state index is -2.48. The predicted molar refractivity (Wildman–Crippen MR) is 169 cm³/mol. The molecule has 2 aliphatic heterocycles. The van der Waals surface area contributed by atoms with Crippen LogP contribution < -0.4 is 25.0 Å². The van der Waals surface area contributed by atoms with Gasteiger partial charge in [0.1, 0.15) is 22.8 Å². The van der Waals surface area contributed by atoms with Crippen molar-refractivity contribution in [2.24, 2.45) is 16.2 Å². The van der Waals surface area contributed by atoms with Crippen molar-refractivity contribution in [2.75, 3.05) is 43.1 Å². The summed E-state index contributed by atoms with van der Waals surface area (Å²) in [5.41, 5.74) is -1.82. The van der Waals surface area contributed by atoms with Crippen LogP contribution in [0.2, 0.25) is 0 Å². The Balaban J connectivity index is 1.57. The molecule has 3 atom stereocenters. The number of fused-ring (bicyclic) bond motifs is 2. The van der Waals surface area contributed by atoms with Crippen molar-refractivity contribution >= 4 is 46.0 Å². The van der Waals surface area contributed by atoms with Gasteiger partial charge in [-0.3, -0.25) is 14.4 Å². The topological polar surface area (TPSA) is 138 Å². The van der Waals surface area contributed by atoms with Gasteiger partial charge in [-0.1, -0.05) is 12.1 Å². The quantitative estimate of drug-likeness (QED) is 0.194. The average molecular weight is 692 g/mol. The van der Waals surface area contributed by atoms with Crippen LogP contribution in [0.25, 0.3) is 0 Å². The molecule has 11 nitrogen and oxygen atoms in total. The highest BCUT2D eigenvalue weighted by molar-refractivity contribution is 7.79. The summed E-state index contributed by atoms with van der Waals surface area (Å²) in [6.45, 7) is 6.21. The smallest absolute Gasteiger partial charge is 0.339 e. The van der Waals surface area contributed by atoms with Gasteiger partial charge in [-0.25, -0.2) is 17.6 Å². The minimum absolute atomic E-state index is 0.0414. The van der Waals surface area contributed by atoms with Crippen molar-refractivity contribution in [3.63, 3.8) is 0 Å². The molecule has 1 saturated heterocycles. The number of allylic oxidation sites excluding steroid dienone is 1. The minimum Gasteiger partial charge on any atom is -0.383 e. The van der Waals surface area contributed by atoms with Crippen LogP contribution in [0.4, 0.5) is 28.9 Å². The maximum absolute atomic E-state index is 15.6. The first kappa shape index (κ1) is 34.8. The Hall–Kier alpha value is -4.57. The summed E-state index contributed by atoms with van der Waals surface area (Å²) in [4.78, 5) is 39.1. The molecule has 1 aliphatic carbocycles. The van der Waals surface area contributed by atoms with Gasteiger partial charge in [-0.15, -0.1) is 4.40 Å². The molecule has 0 spiro atoms. The van der Waals surface area contributed by atoms with Gasteiger partial charge >= 0.3 is 11.3 Å². The van der Waals surface area contributed by atoms with Gasteiger partial charge in [0.25, 0.3) is 0 Å². The van der Waals surface area contributed by atoms with E-state index in [0.29, 0.717) is 5.56 Å². The number of ether oxygens (including phenoxy) is 1. The van der Waals surface area contributed by atoms with E-state index in [2.05, 4.69) is 20.3 Å². The number of aryl methyl sites for hydroxylation is 2. The van der Waals surface area contributed by atoms with Crippen LogP contribution in [0.15, 0.2) is 45.6 Å². The van der Waals surface area contributed by atoms with Gasteiger partial charge in [0, 0.05) is 50.6 Å². The van der Waals surface area contributed by atoms with Crippen LogP contribution in [0.1, 0.15) is 31.4 Å². The number of nitrogens with one attached hydrogen (secondary N) is 3. The Morgan fingerprint density at radius 3 is 2.50 bits per heavy atom. The van der Waals surface area contributed by atoms with Crippen LogP contribution >= 0.6 is 0 Å². The summed E-state index contributed by atoms with van der Waals surface area (Å²) >= 11 is -2.48. The molecule has 5 rings (SSSR count). The van der Waals surface area contributed by atoms with Crippen LogP contribution in [0.3, 0.4) is 0 Å². The number of halogens is 4. The molecule has 0 saturated carbocycles. The lowest BCUT2D eigenvalue weighted by Gasteiger charge is -2.39. The number of benzene rings is 2. The third kappa shape index (κ3) is 6.85. The standard InChI is InChI=1S/C32H33F4N5O6S/c1-5-41(10-9-37-17(4)42)30-26(35)24(33)29(25(34)27(30)36)38-20-13-21(40-48(45)47-22-12-15(2)6-7-16(22)3)31(43)23-19-14-46-11-8-18(19)32(44)39-28(20)23/h6-7,12-13,18-19,38H,5,8-11,14H2,1-4H3,(H,37,42)(H,39,44). The van der Waals surface area contributed by atoms with E-state index in [1.54, 1.807) is 26.0 Å². The highest BCUT2D eigenvalue weighted by Gasteiger charge is 2.46. The van der Waals surface area contributed by atoms with Crippen LogP contribution in [0, 0.1) is 49.0 Å². The zero-order valence-electron chi connectivity index (χ0n) is 26.5. The Kier molecular flexibility index (Phi) is 10.3. The number of Topliss-reactive ketones (excluding diaryl/α,β-unsaturated/α-hetero) is 1. The molecule has 48 heavy (non-hydrogen) atoms. The van der Waals surface area contributed by atoms with Crippen LogP contribution in [-0.2, 0) is 30.4 Å². The maximum Gasteiger partial charge on any atom is 0.339 e. The van der Waals surface area contributed by atoms with Crippen LogP contribution in [-0.4, -0.2) is 60.4 Å². The van der Waals surface area contributed by atoms with Crippen molar-refractivity contribution < 1.29 is 45.1 Å². The lowest BCUT2D eigenvalue weighted by molar-refractivity contribution is -0.131. The molecule has 3 unspecified atom stereocenters. The summed E-state index contributed by atoms with van der Waals surface area (Å²) in [6, 6.07) is 5.18. The van der Waals surface area contributed by atoms with Gasteiger partial charge in [0.2, 0.25) is 17.6 Å². The SMILES string of the molecule is CCN(CCNC(C)=O)c1c(F)c(F)c(NC2=CC(=NS(=O)Oc3cc(C)ccc3C)C(=O)C3=C2NC(=O)C2CCOCC32)c(F)c1F. The van der Waals surface area contributed by atoms with E-state index in [0.717, 1.165) is 16.5 Å². The molecule has 0 bridgehead atoms. The number of anilines is 2. The Labute approximate surface area is 276 Å². The molecule has 2 amide bonds. The summed E-state index contributed by atoms with van der Waals surface area (Å²) in [5, 5.41) is 7.35. The second kappa shape index (κ2) is 14.3. The van der Waals surface area contributed by atoms with E-state index >= 15 is 17.6 Å². The molecule has 256 valence electrons. The van der Waals surface area contributed by atoms with E-state index in [-0.39, 0.29) is 62.0 Å². The number of carbonyl (C=O) groups excluding carboxylic acids is 3. The number of amides is 2. The van der Waals surface area contributed by atoms with E-state index < -0.39 is 81.1 Å². The highest BCUT2D eigenvalue weighted by Crippen LogP contribution is 2.40. The molecule has 1 fully saturated rings. The molecule has 3 N–H and O–H groups in total. The number of hydrogen-bond acceptors (Lipinski definition) is 8. The molecule has 0 aromatic heterocycles. The van der Waals surface area contributed by atoms with Gasteiger partial charge < -0.3 is 29.8 Å². The summed E-state index contributed by atoms with van der Waals surface area (Å²) < 4.78 is 90.1. The first-order valence-corrected chi connectivity index (χ1v) is 16.1. The van der Waals surface area contributed by atoms with Gasteiger partial charge in [-0.2, -0.15) is 4.21 Å². The first-order chi connectivity index (χ1) is 22.8. The van der Waals surface area contributed by atoms with E-state index in [1.165, 1.54) is 13.8 Å². The third-order valence-electron chi connectivity index (χ3n) is 8.24. The van der Waals surface area contributed by atoms with E-state index in [1.807, 2.05) is 6.07 Å². The lowest BCUT2D eigenvalue weighted by Crippen LogP contribution is -2.50. The molecular formula is C32H33F4N5O6S. The first-order valence-electron chi connectivity index (χ1n) is 15.1. The second-order valence-corrected chi connectivity index (χ2v) is 12.2. The summed E-state index contributed by atoms with van der Waals surface area (Å²) in [5.74, 6) is -9.89. The van der Waals surface area contributed by atoms with Crippen molar-refractivity contribution in [1.82, 2.24) is 10.6 Å². The Morgan fingerprint density at radius 1 is 1.12 bits per heavy atom. The molecule has 2 aromatic rings. The number of ketones is 1. The largest absolute Gasteiger partial charge is 0.383 e. The highest BCUT2D eigenvalue weighted by atomic mass is 32.2. The fourth-order valence-electron chi connectivity index (χ4n) is 5.79. The van der Waals surface area contributed by atoms with Crippen molar-refractivity contribution in [1.29, 1.82) is 0 Å². The number of hydrogen-bond donors (Lipinski definition) is 3. The van der Waals surface area contributed by atoms with Gasteiger partial charge in [0.05, 0.1) is 18.0 Å². The number of nitrogens with zero attached hydrogens (tertiary/aromatic N) is 2. The fourth-order valence-corrected chi connectivity index (χ4v) is 6.45. The Bertz CT molecular complexity index is 1780. The molecule has 16 heteroatoms. The zero-order chi connectivity index (χ0) is 34.9. The number of likely N-dealkylation sites (N-methyl/N-ethyl adjacent to an activating group) is 1. The zero-order valence-corrected chi connectivity index (χ0v) is 27.3. The molecule has 0 radical (unpaired) electrons. The third-order valence-corrected chi connectivity index (χ3v) is 8.91. The molecular weight excluding hydrogens is 658 g/mol. The molecule has 2 heterocycles.